The number of hydrogen-bond acceptors (Lipinski definition) is 7. The van der Waals surface area contributed by atoms with Crippen molar-refractivity contribution in [3.05, 3.63) is 41.6 Å². The van der Waals surface area contributed by atoms with Gasteiger partial charge in [0.1, 0.15) is 5.69 Å². The Labute approximate surface area is 178 Å². The van der Waals surface area contributed by atoms with E-state index in [-0.39, 0.29) is 12.1 Å². The van der Waals surface area contributed by atoms with Crippen molar-refractivity contribution >= 4 is 29.0 Å². The second kappa shape index (κ2) is 7.96. The molecule has 8 nitrogen and oxygen atoms in total. The van der Waals surface area contributed by atoms with Crippen LogP contribution in [0.2, 0.25) is 0 Å². The van der Waals surface area contributed by atoms with E-state index in [0.717, 1.165) is 48.3 Å². The Balaban J connectivity index is 1.33. The van der Waals surface area contributed by atoms with Crippen LogP contribution in [-0.4, -0.2) is 70.6 Å². The van der Waals surface area contributed by atoms with Crippen molar-refractivity contribution in [2.45, 2.75) is 29.7 Å². The van der Waals surface area contributed by atoms with E-state index in [1.54, 1.807) is 4.90 Å². The summed E-state index contributed by atoms with van der Waals surface area (Å²) in [5.74, 6) is 2.65. The van der Waals surface area contributed by atoms with Gasteiger partial charge in [-0.3, -0.25) is 0 Å². The van der Waals surface area contributed by atoms with E-state index in [4.69, 9.17) is 14.7 Å². The van der Waals surface area contributed by atoms with Gasteiger partial charge in [0.25, 0.3) is 4.90 Å². The molecule has 3 aliphatic rings. The Kier molecular flexibility index (Phi) is 5.16. The zero-order valence-corrected chi connectivity index (χ0v) is 17.8. The molecule has 1 aromatic heterocycles. The van der Waals surface area contributed by atoms with Crippen LogP contribution in [0, 0.1) is 0 Å². The first-order valence-electron chi connectivity index (χ1n) is 10.3. The van der Waals surface area contributed by atoms with E-state index in [1.807, 2.05) is 6.07 Å². The lowest BCUT2D eigenvalue weighted by atomic mass is 9.92. The average molecular weight is 429 g/mol. The summed E-state index contributed by atoms with van der Waals surface area (Å²) in [6.07, 6.45) is 1.29. The van der Waals surface area contributed by atoms with Crippen LogP contribution in [0.3, 0.4) is 0 Å². The number of carbonyl (C=O) groups excluding carboxylic acids is 1. The van der Waals surface area contributed by atoms with Crippen molar-refractivity contribution in [2.24, 2.45) is 0 Å². The lowest BCUT2D eigenvalue weighted by Crippen LogP contribution is -2.46. The summed E-state index contributed by atoms with van der Waals surface area (Å²) in [6.45, 7) is 3.01. The van der Waals surface area contributed by atoms with Crippen molar-refractivity contribution < 1.29 is 14.1 Å². The summed E-state index contributed by atoms with van der Waals surface area (Å²) in [6, 6.07) is 10.6. The molecule has 2 aromatic rings. The molecule has 2 saturated heterocycles. The fourth-order valence-electron chi connectivity index (χ4n) is 4.38. The minimum Gasteiger partial charge on any atom is -0.453 e. The molecule has 158 valence electrons. The minimum absolute atomic E-state index is 0.0852. The van der Waals surface area contributed by atoms with Crippen LogP contribution >= 0.6 is 0 Å². The van der Waals surface area contributed by atoms with Gasteiger partial charge in [-0.2, -0.15) is 9.54 Å². The van der Waals surface area contributed by atoms with Gasteiger partial charge in [-0.05, 0) is 12.0 Å². The number of ether oxygens (including phenoxy) is 1. The maximum Gasteiger partial charge on any atom is 0.409 e. The second-order valence-corrected chi connectivity index (χ2v) is 9.57. The molecule has 9 heteroatoms. The van der Waals surface area contributed by atoms with E-state index in [2.05, 4.69) is 34.5 Å². The number of anilines is 2. The summed E-state index contributed by atoms with van der Waals surface area (Å²) in [5, 5.41) is 3.49. The number of rotatable bonds is 4. The molecule has 1 aromatic carbocycles. The number of fused-ring (bicyclic) bond motifs is 1. The molecule has 3 aliphatic heterocycles. The fourth-order valence-corrected chi connectivity index (χ4v) is 5.72. The number of methoxy groups -OCH3 is 1. The average Bonchev–Trinajstić information content (AvgIpc) is 3.34. The SMILES string of the molecule is COC(=O)N1CC[C@@H](Nc2nc(N3CC(c4ccccc4)C3)nc3c2[S+](O)CC3)C1. The first-order chi connectivity index (χ1) is 14.6. The van der Waals surface area contributed by atoms with E-state index in [0.29, 0.717) is 24.8 Å². The van der Waals surface area contributed by atoms with Crippen molar-refractivity contribution in [1.82, 2.24) is 14.9 Å². The van der Waals surface area contributed by atoms with Gasteiger partial charge in [0, 0.05) is 44.6 Å². The Morgan fingerprint density at radius 3 is 2.80 bits per heavy atom. The van der Waals surface area contributed by atoms with Gasteiger partial charge in [0.15, 0.2) is 22.7 Å². The minimum atomic E-state index is -0.832. The molecule has 1 unspecified atom stereocenters. The molecule has 30 heavy (non-hydrogen) atoms. The molecule has 0 saturated carbocycles. The Morgan fingerprint density at radius 2 is 2.03 bits per heavy atom. The molecule has 2 atom stereocenters. The smallest absolute Gasteiger partial charge is 0.409 e. The monoisotopic (exact) mass is 428 g/mol. The van der Waals surface area contributed by atoms with Crippen molar-refractivity contribution in [3.63, 3.8) is 0 Å². The third-order valence-corrected chi connectivity index (χ3v) is 7.58. The number of carbonyl (C=O) groups is 1. The molecule has 0 radical (unpaired) electrons. The molecule has 1 amide bonds. The number of benzene rings is 1. The van der Waals surface area contributed by atoms with Gasteiger partial charge in [-0.25, -0.2) is 9.78 Å². The highest BCUT2D eigenvalue weighted by atomic mass is 32.2. The van der Waals surface area contributed by atoms with Crippen LogP contribution in [0.25, 0.3) is 0 Å². The number of amides is 1. The van der Waals surface area contributed by atoms with E-state index >= 15 is 0 Å². The number of aryl methyl sites for hydroxylation is 1. The highest BCUT2D eigenvalue weighted by Gasteiger charge is 2.41. The Hall–Kier alpha value is -2.52. The fraction of sp³-hybridized carbons (Fsp3) is 0.476. The molecule has 0 aliphatic carbocycles. The van der Waals surface area contributed by atoms with Crippen LogP contribution in [0.15, 0.2) is 35.2 Å². The van der Waals surface area contributed by atoms with Crippen molar-refractivity contribution in [1.29, 1.82) is 0 Å². The number of hydrogen-bond donors (Lipinski definition) is 2. The summed E-state index contributed by atoms with van der Waals surface area (Å²) in [4.78, 5) is 26.1. The third kappa shape index (κ3) is 3.56. The maximum absolute atomic E-state index is 11.8. The Bertz CT molecular complexity index is 938. The first kappa shape index (κ1) is 19.4. The van der Waals surface area contributed by atoms with Crippen LogP contribution in [0.1, 0.15) is 23.6 Å². The number of likely N-dealkylation sites (tertiary alicyclic amines) is 1. The molecule has 0 bridgehead atoms. The predicted molar refractivity (Wildman–Crippen MR) is 116 cm³/mol. The summed E-state index contributed by atoms with van der Waals surface area (Å²) in [7, 11) is 1.40. The topological polar surface area (TPSA) is 90.8 Å². The normalized spacial score (nSPS) is 23.3. The quantitative estimate of drug-likeness (QED) is 0.723. The van der Waals surface area contributed by atoms with E-state index in [9.17, 15) is 9.35 Å². The molecule has 5 rings (SSSR count). The molecule has 2 fully saturated rings. The van der Waals surface area contributed by atoms with Gasteiger partial charge in [0.05, 0.1) is 7.11 Å². The molecule has 0 spiro atoms. The zero-order chi connectivity index (χ0) is 20.7. The van der Waals surface area contributed by atoms with Crippen molar-refractivity contribution in [3.8, 4) is 0 Å². The summed E-state index contributed by atoms with van der Waals surface area (Å²) in [5.41, 5.74) is 2.29. The lowest BCUT2D eigenvalue weighted by Gasteiger charge is -2.39. The molecular weight excluding hydrogens is 402 g/mol. The molecule has 2 N–H and O–H groups in total. The summed E-state index contributed by atoms with van der Waals surface area (Å²) >= 11 is -0.832. The number of aromatic nitrogens is 2. The lowest BCUT2D eigenvalue weighted by molar-refractivity contribution is 0.132. The van der Waals surface area contributed by atoms with Crippen LogP contribution in [0.5, 0.6) is 0 Å². The summed E-state index contributed by atoms with van der Waals surface area (Å²) < 4.78 is 15.3. The predicted octanol–water partition coefficient (Wildman–Crippen LogP) is 2.34. The highest BCUT2D eigenvalue weighted by Crippen LogP contribution is 2.36. The van der Waals surface area contributed by atoms with Gasteiger partial charge in [0.2, 0.25) is 5.95 Å². The van der Waals surface area contributed by atoms with E-state index in [1.165, 1.54) is 12.7 Å². The molecular formula is C21H26N5O3S+. The van der Waals surface area contributed by atoms with Crippen LogP contribution in [0.4, 0.5) is 16.6 Å². The van der Waals surface area contributed by atoms with E-state index < -0.39 is 11.2 Å². The zero-order valence-electron chi connectivity index (χ0n) is 17.0. The number of nitrogens with one attached hydrogen (secondary N) is 1. The Morgan fingerprint density at radius 1 is 1.23 bits per heavy atom. The van der Waals surface area contributed by atoms with Gasteiger partial charge in [-0.15, -0.1) is 0 Å². The van der Waals surface area contributed by atoms with Gasteiger partial charge >= 0.3 is 6.09 Å². The van der Waals surface area contributed by atoms with Gasteiger partial charge in [-0.1, -0.05) is 30.3 Å². The second-order valence-electron chi connectivity index (χ2n) is 8.03. The number of nitrogens with zero attached hydrogens (tertiary/aromatic N) is 4. The van der Waals surface area contributed by atoms with Crippen LogP contribution in [-0.2, 0) is 22.3 Å². The highest BCUT2D eigenvalue weighted by molar-refractivity contribution is 7.92. The van der Waals surface area contributed by atoms with Gasteiger partial charge < -0.3 is 19.9 Å². The third-order valence-electron chi connectivity index (χ3n) is 6.09. The van der Waals surface area contributed by atoms with Crippen molar-refractivity contribution in [2.75, 3.05) is 49.3 Å². The van der Waals surface area contributed by atoms with Crippen LogP contribution < -0.4 is 10.2 Å². The first-order valence-corrected chi connectivity index (χ1v) is 11.7. The largest absolute Gasteiger partial charge is 0.453 e. The molecule has 4 heterocycles. The standard InChI is InChI=1S/C21H26N5O3S/c1-29-21(27)25-9-7-16(13-25)22-19-18-17(8-10-30(18)28)23-20(24-19)26-11-15(12-26)14-5-3-2-4-6-14/h2-6,15-16,28H,7-13H2,1H3,(H,22,23,24)/q+1/t16-,30?/m1/s1. The maximum atomic E-state index is 11.8.